The summed E-state index contributed by atoms with van der Waals surface area (Å²) in [6.45, 7) is 4.18. The van der Waals surface area contributed by atoms with Gasteiger partial charge in [0.25, 0.3) is 0 Å². The largest absolute Gasteiger partial charge is 0.383 e. The molecule has 92 valence electrons. The molecule has 0 saturated heterocycles. The highest BCUT2D eigenvalue weighted by molar-refractivity contribution is 5.99. The fourth-order valence-electron chi connectivity index (χ4n) is 1.84. The first-order chi connectivity index (χ1) is 8.70. The van der Waals surface area contributed by atoms with Crippen LogP contribution in [0.3, 0.4) is 0 Å². The average molecular weight is 238 g/mol. The second-order valence-electron chi connectivity index (χ2n) is 4.35. The van der Waals surface area contributed by atoms with Crippen molar-refractivity contribution in [3.8, 4) is 0 Å². The molecule has 0 aliphatic carbocycles. The molecule has 2 heteroatoms. The molecule has 2 rings (SSSR count). The Morgan fingerprint density at radius 2 is 1.72 bits per heavy atom. The Kier molecular flexibility index (Phi) is 3.78. The van der Waals surface area contributed by atoms with Crippen LogP contribution >= 0.6 is 0 Å². The lowest BCUT2D eigenvalue weighted by Crippen LogP contribution is -2.12. The number of hydrogen-bond donors (Lipinski definition) is 1. The molecule has 2 aromatic carbocycles. The SMILES string of the molecule is CCc1ccccc1N=C(N)c1ccc(C)cc1. The van der Waals surface area contributed by atoms with Crippen molar-refractivity contribution in [2.45, 2.75) is 20.3 Å². The number of nitrogens with two attached hydrogens (primary N) is 1. The molecule has 2 N–H and O–H groups in total. The Hall–Kier alpha value is -2.09. The van der Waals surface area contributed by atoms with Crippen LogP contribution in [-0.4, -0.2) is 5.84 Å². The van der Waals surface area contributed by atoms with E-state index in [4.69, 9.17) is 5.73 Å². The van der Waals surface area contributed by atoms with Crippen molar-refractivity contribution in [3.63, 3.8) is 0 Å². The van der Waals surface area contributed by atoms with E-state index in [-0.39, 0.29) is 0 Å². The summed E-state index contributed by atoms with van der Waals surface area (Å²) >= 11 is 0. The van der Waals surface area contributed by atoms with Gasteiger partial charge in [-0.1, -0.05) is 55.0 Å². The molecule has 2 aromatic rings. The van der Waals surface area contributed by atoms with E-state index in [2.05, 4.69) is 24.9 Å². The second-order valence-corrected chi connectivity index (χ2v) is 4.35. The van der Waals surface area contributed by atoms with Crippen LogP contribution in [0.25, 0.3) is 0 Å². The number of amidine groups is 1. The predicted molar refractivity (Wildman–Crippen MR) is 77.4 cm³/mol. The first-order valence-electron chi connectivity index (χ1n) is 6.20. The van der Waals surface area contributed by atoms with Gasteiger partial charge >= 0.3 is 0 Å². The third-order valence-corrected chi connectivity index (χ3v) is 2.96. The molecule has 0 unspecified atom stereocenters. The quantitative estimate of drug-likeness (QED) is 0.644. The Labute approximate surface area is 108 Å². The zero-order valence-electron chi connectivity index (χ0n) is 10.9. The summed E-state index contributed by atoms with van der Waals surface area (Å²) in [6.07, 6.45) is 0.959. The smallest absolute Gasteiger partial charge is 0.131 e. The highest BCUT2D eigenvalue weighted by Gasteiger charge is 2.01. The summed E-state index contributed by atoms with van der Waals surface area (Å²) < 4.78 is 0. The van der Waals surface area contributed by atoms with Gasteiger partial charge in [0.1, 0.15) is 5.84 Å². The number of aryl methyl sites for hydroxylation is 2. The zero-order chi connectivity index (χ0) is 13.0. The van der Waals surface area contributed by atoms with Crippen LogP contribution in [0.4, 0.5) is 5.69 Å². The maximum Gasteiger partial charge on any atom is 0.131 e. The highest BCUT2D eigenvalue weighted by atomic mass is 14.9. The molecule has 2 nitrogen and oxygen atoms in total. The van der Waals surface area contributed by atoms with E-state index in [1.807, 2.05) is 42.5 Å². The molecule has 0 radical (unpaired) electrons. The van der Waals surface area contributed by atoms with Crippen molar-refractivity contribution >= 4 is 11.5 Å². The minimum atomic E-state index is 0.566. The molecule has 0 heterocycles. The van der Waals surface area contributed by atoms with Gasteiger partial charge in [-0.2, -0.15) is 0 Å². The zero-order valence-corrected chi connectivity index (χ0v) is 10.9. The van der Waals surface area contributed by atoms with Gasteiger partial charge < -0.3 is 5.73 Å². The van der Waals surface area contributed by atoms with Gasteiger partial charge in [-0.15, -0.1) is 0 Å². The summed E-state index contributed by atoms with van der Waals surface area (Å²) in [5, 5.41) is 0. The molecule has 0 atom stereocenters. The molecule has 0 aromatic heterocycles. The summed E-state index contributed by atoms with van der Waals surface area (Å²) in [4.78, 5) is 4.52. The third-order valence-electron chi connectivity index (χ3n) is 2.96. The van der Waals surface area contributed by atoms with E-state index >= 15 is 0 Å². The number of para-hydroxylation sites is 1. The van der Waals surface area contributed by atoms with E-state index in [1.54, 1.807) is 0 Å². The normalized spacial score (nSPS) is 11.6. The van der Waals surface area contributed by atoms with Crippen LogP contribution < -0.4 is 5.73 Å². The molecular weight excluding hydrogens is 220 g/mol. The van der Waals surface area contributed by atoms with Crippen molar-refractivity contribution in [2.24, 2.45) is 10.7 Å². The van der Waals surface area contributed by atoms with Crippen LogP contribution in [-0.2, 0) is 6.42 Å². The first kappa shape index (κ1) is 12.4. The van der Waals surface area contributed by atoms with Crippen molar-refractivity contribution in [1.29, 1.82) is 0 Å². The summed E-state index contributed by atoms with van der Waals surface area (Å²) in [5.74, 6) is 0.566. The molecule has 0 aliphatic rings. The van der Waals surface area contributed by atoms with Crippen molar-refractivity contribution in [2.75, 3.05) is 0 Å². The van der Waals surface area contributed by atoms with Gasteiger partial charge in [0.2, 0.25) is 0 Å². The minimum Gasteiger partial charge on any atom is -0.383 e. The Morgan fingerprint density at radius 1 is 1.06 bits per heavy atom. The van der Waals surface area contributed by atoms with E-state index in [1.165, 1.54) is 11.1 Å². The monoisotopic (exact) mass is 238 g/mol. The van der Waals surface area contributed by atoms with Gasteiger partial charge in [0.15, 0.2) is 0 Å². The number of benzene rings is 2. The predicted octanol–water partition coefficient (Wildman–Crippen LogP) is 3.59. The lowest BCUT2D eigenvalue weighted by Gasteiger charge is -2.05. The first-order valence-corrected chi connectivity index (χ1v) is 6.20. The molecule has 0 spiro atoms. The van der Waals surface area contributed by atoms with E-state index in [9.17, 15) is 0 Å². The molecule has 0 aliphatic heterocycles. The van der Waals surface area contributed by atoms with Crippen LogP contribution in [0.15, 0.2) is 53.5 Å². The summed E-state index contributed by atoms with van der Waals surface area (Å²) in [5.41, 5.74) is 10.4. The van der Waals surface area contributed by atoms with Crippen LogP contribution in [0, 0.1) is 6.92 Å². The van der Waals surface area contributed by atoms with Crippen LogP contribution in [0.5, 0.6) is 0 Å². The number of nitrogens with zero attached hydrogens (tertiary/aromatic N) is 1. The van der Waals surface area contributed by atoms with Crippen molar-refractivity contribution in [3.05, 3.63) is 65.2 Å². The number of aliphatic imine (C=N–C) groups is 1. The Morgan fingerprint density at radius 3 is 2.39 bits per heavy atom. The van der Waals surface area contributed by atoms with Crippen LogP contribution in [0.1, 0.15) is 23.6 Å². The second kappa shape index (κ2) is 5.50. The van der Waals surface area contributed by atoms with E-state index in [0.29, 0.717) is 5.84 Å². The minimum absolute atomic E-state index is 0.566. The fraction of sp³-hybridized carbons (Fsp3) is 0.188. The number of hydrogen-bond acceptors (Lipinski definition) is 1. The Bertz CT molecular complexity index is 554. The molecule has 18 heavy (non-hydrogen) atoms. The molecule has 0 fully saturated rings. The van der Waals surface area contributed by atoms with Gasteiger partial charge in [-0.05, 0) is 25.0 Å². The van der Waals surface area contributed by atoms with Gasteiger partial charge in [-0.3, -0.25) is 0 Å². The van der Waals surface area contributed by atoms with Crippen LogP contribution in [0.2, 0.25) is 0 Å². The van der Waals surface area contributed by atoms with Crippen molar-refractivity contribution in [1.82, 2.24) is 0 Å². The Balaban J connectivity index is 2.35. The maximum atomic E-state index is 6.05. The van der Waals surface area contributed by atoms with Gasteiger partial charge in [0, 0.05) is 5.56 Å². The fourth-order valence-corrected chi connectivity index (χ4v) is 1.84. The number of rotatable bonds is 3. The maximum absolute atomic E-state index is 6.05. The summed E-state index contributed by atoms with van der Waals surface area (Å²) in [6, 6.07) is 16.2. The topological polar surface area (TPSA) is 38.4 Å². The standard InChI is InChI=1S/C16H18N2/c1-3-13-6-4-5-7-15(13)18-16(17)14-10-8-12(2)9-11-14/h4-11H,3H2,1-2H3,(H2,17,18). The van der Waals surface area contributed by atoms with Crippen molar-refractivity contribution < 1.29 is 0 Å². The van der Waals surface area contributed by atoms with E-state index in [0.717, 1.165) is 17.7 Å². The molecule has 0 amide bonds. The molecule has 0 bridgehead atoms. The molecule has 0 saturated carbocycles. The lowest BCUT2D eigenvalue weighted by atomic mass is 10.1. The van der Waals surface area contributed by atoms with E-state index < -0.39 is 0 Å². The lowest BCUT2D eigenvalue weighted by molar-refractivity contribution is 1.13. The van der Waals surface area contributed by atoms with Gasteiger partial charge in [0.05, 0.1) is 5.69 Å². The highest BCUT2D eigenvalue weighted by Crippen LogP contribution is 2.19. The third kappa shape index (κ3) is 2.77. The average Bonchev–Trinajstić information content (AvgIpc) is 2.40. The van der Waals surface area contributed by atoms with Gasteiger partial charge in [-0.25, -0.2) is 4.99 Å². The molecular formula is C16H18N2. The summed E-state index contributed by atoms with van der Waals surface area (Å²) in [7, 11) is 0.